The minimum Gasteiger partial charge on any atom is -0.377 e. The maximum atomic E-state index is 6.15. The quantitative estimate of drug-likeness (QED) is 0.691. The summed E-state index contributed by atoms with van der Waals surface area (Å²) in [5, 5.41) is 0.849. The van der Waals surface area contributed by atoms with Gasteiger partial charge in [-0.1, -0.05) is 23.2 Å². The number of pyridine rings is 2. The number of rotatable bonds is 3. The number of ether oxygens (including phenoxy) is 1. The van der Waals surface area contributed by atoms with Gasteiger partial charge >= 0.3 is 0 Å². The molecule has 0 aromatic carbocycles. The number of hydrogen-bond acceptors (Lipinski definition) is 5. The minimum atomic E-state index is 0.282. The van der Waals surface area contributed by atoms with Crippen LogP contribution in [-0.2, 0) is 11.3 Å². The van der Waals surface area contributed by atoms with E-state index in [1.165, 1.54) is 0 Å². The first-order valence-corrected chi connectivity index (χ1v) is 6.86. The van der Waals surface area contributed by atoms with E-state index < -0.39 is 0 Å². The third-order valence-corrected chi connectivity index (χ3v) is 3.41. The van der Waals surface area contributed by atoms with Gasteiger partial charge in [0.25, 0.3) is 0 Å². The van der Waals surface area contributed by atoms with Gasteiger partial charge in [0.1, 0.15) is 12.1 Å². The summed E-state index contributed by atoms with van der Waals surface area (Å²) in [4.78, 5) is 17.1. The number of methoxy groups -OCH3 is 1. The zero-order valence-electron chi connectivity index (χ0n) is 11.0. The fourth-order valence-electron chi connectivity index (χ4n) is 1.95. The molecule has 3 aromatic heterocycles. The average molecular weight is 321 g/mol. The Morgan fingerprint density at radius 3 is 2.81 bits per heavy atom. The number of fused-ring (bicyclic) bond motifs is 1. The summed E-state index contributed by atoms with van der Waals surface area (Å²) in [6.07, 6.45) is 3.33. The highest BCUT2D eigenvalue weighted by atomic mass is 35.5. The predicted octanol–water partition coefficient (Wildman–Crippen LogP) is 3.54. The van der Waals surface area contributed by atoms with Crippen molar-refractivity contribution in [3.05, 3.63) is 46.6 Å². The van der Waals surface area contributed by atoms with Crippen molar-refractivity contribution in [2.45, 2.75) is 6.61 Å². The molecule has 0 amide bonds. The molecule has 0 aliphatic heterocycles. The summed E-state index contributed by atoms with van der Waals surface area (Å²) in [7, 11) is 1.57. The van der Waals surface area contributed by atoms with E-state index in [2.05, 4.69) is 19.9 Å². The molecule has 3 heterocycles. The van der Waals surface area contributed by atoms with Crippen LogP contribution in [0.3, 0.4) is 0 Å². The minimum absolute atomic E-state index is 0.282. The van der Waals surface area contributed by atoms with E-state index >= 15 is 0 Å². The smallest absolute Gasteiger partial charge is 0.159 e. The summed E-state index contributed by atoms with van der Waals surface area (Å²) < 4.78 is 5.03. The van der Waals surface area contributed by atoms with Gasteiger partial charge in [0, 0.05) is 25.1 Å². The van der Waals surface area contributed by atoms with Crippen LogP contribution in [0.5, 0.6) is 0 Å². The Morgan fingerprint density at radius 2 is 2.05 bits per heavy atom. The van der Waals surface area contributed by atoms with Crippen molar-refractivity contribution in [2.75, 3.05) is 7.11 Å². The second kappa shape index (κ2) is 5.89. The molecular formula is C14H10Cl2N4O. The van der Waals surface area contributed by atoms with Crippen LogP contribution in [-0.4, -0.2) is 27.0 Å². The van der Waals surface area contributed by atoms with Gasteiger partial charge in [-0.15, -0.1) is 0 Å². The lowest BCUT2D eigenvalue weighted by atomic mass is 10.1. The average Bonchev–Trinajstić information content (AvgIpc) is 2.47. The Hall–Kier alpha value is -1.82. The highest BCUT2D eigenvalue weighted by Crippen LogP contribution is 2.28. The lowest BCUT2D eigenvalue weighted by Crippen LogP contribution is -1.99. The van der Waals surface area contributed by atoms with Gasteiger partial charge in [-0.2, -0.15) is 0 Å². The Balaban J connectivity index is 2.17. The van der Waals surface area contributed by atoms with Gasteiger partial charge in [0.2, 0.25) is 0 Å². The van der Waals surface area contributed by atoms with E-state index in [9.17, 15) is 0 Å². The Morgan fingerprint density at radius 1 is 1.19 bits per heavy atom. The maximum Gasteiger partial charge on any atom is 0.159 e. The zero-order valence-corrected chi connectivity index (χ0v) is 12.6. The van der Waals surface area contributed by atoms with E-state index in [-0.39, 0.29) is 6.61 Å². The van der Waals surface area contributed by atoms with Gasteiger partial charge in [0.15, 0.2) is 11.0 Å². The van der Waals surface area contributed by atoms with Crippen LogP contribution in [0.15, 0.2) is 30.6 Å². The number of hydrogen-bond donors (Lipinski definition) is 0. The second-order valence-electron chi connectivity index (χ2n) is 4.29. The predicted molar refractivity (Wildman–Crippen MR) is 81.3 cm³/mol. The number of halogens is 2. The van der Waals surface area contributed by atoms with Gasteiger partial charge in [-0.05, 0) is 18.2 Å². The molecule has 0 saturated carbocycles. The van der Waals surface area contributed by atoms with Crippen molar-refractivity contribution in [2.24, 2.45) is 0 Å². The molecule has 5 nitrogen and oxygen atoms in total. The molecule has 0 atom stereocenters. The molecular weight excluding hydrogens is 311 g/mol. The molecule has 0 unspecified atom stereocenters. The fourth-order valence-corrected chi connectivity index (χ4v) is 2.42. The zero-order chi connectivity index (χ0) is 14.8. The lowest BCUT2D eigenvalue weighted by molar-refractivity contribution is 0.178. The van der Waals surface area contributed by atoms with E-state index in [0.29, 0.717) is 32.7 Å². The number of nitrogens with zero attached hydrogens (tertiary/aromatic N) is 4. The molecule has 0 saturated heterocycles. The first-order chi connectivity index (χ1) is 10.2. The molecule has 0 fully saturated rings. The van der Waals surface area contributed by atoms with Crippen LogP contribution in [0.1, 0.15) is 5.82 Å². The molecule has 0 aliphatic carbocycles. The van der Waals surface area contributed by atoms with Gasteiger partial charge in [0.05, 0.1) is 16.2 Å². The van der Waals surface area contributed by atoms with E-state index in [1.54, 1.807) is 31.6 Å². The molecule has 0 N–H and O–H groups in total. The van der Waals surface area contributed by atoms with Crippen molar-refractivity contribution in [1.29, 1.82) is 0 Å². The normalized spacial score (nSPS) is 11.0. The summed E-state index contributed by atoms with van der Waals surface area (Å²) in [5.41, 5.74) is 2.58. The molecule has 21 heavy (non-hydrogen) atoms. The molecule has 3 rings (SSSR count). The van der Waals surface area contributed by atoms with Crippen molar-refractivity contribution in [3.8, 4) is 11.3 Å². The molecule has 0 aliphatic rings. The molecule has 3 aromatic rings. The second-order valence-corrected chi connectivity index (χ2v) is 5.05. The molecule has 0 radical (unpaired) electrons. The van der Waals surface area contributed by atoms with Crippen molar-refractivity contribution < 1.29 is 4.74 Å². The van der Waals surface area contributed by atoms with Crippen molar-refractivity contribution in [3.63, 3.8) is 0 Å². The highest BCUT2D eigenvalue weighted by molar-refractivity contribution is 6.34. The third-order valence-electron chi connectivity index (χ3n) is 2.85. The highest BCUT2D eigenvalue weighted by Gasteiger charge is 2.11. The van der Waals surface area contributed by atoms with Gasteiger partial charge < -0.3 is 4.74 Å². The van der Waals surface area contributed by atoms with E-state index in [1.807, 2.05) is 6.07 Å². The summed E-state index contributed by atoms with van der Waals surface area (Å²) in [6, 6.07) is 5.39. The summed E-state index contributed by atoms with van der Waals surface area (Å²) in [6.45, 7) is 0.282. The van der Waals surface area contributed by atoms with Crippen molar-refractivity contribution >= 4 is 34.2 Å². The Bertz CT molecular complexity index is 810. The first kappa shape index (κ1) is 14.1. The van der Waals surface area contributed by atoms with Crippen LogP contribution >= 0.6 is 23.2 Å². The standard InChI is InChI=1S/C14H10Cl2N4O/c1-21-7-11-19-10-5-8(6-18-13(10)14(16)20-11)12-9(15)3-2-4-17-12/h2-6H,7H2,1H3. The summed E-state index contributed by atoms with van der Waals surface area (Å²) in [5.74, 6) is 0.501. The van der Waals surface area contributed by atoms with Crippen LogP contribution < -0.4 is 0 Å². The maximum absolute atomic E-state index is 6.15. The third kappa shape index (κ3) is 2.81. The SMILES string of the molecule is COCc1nc(Cl)c2ncc(-c3ncccc3Cl)cc2n1. The van der Waals surface area contributed by atoms with Crippen LogP contribution in [0.4, 0.5) is 0 Å². The number of aromatic nitrogens is 4. The van der Waals surface area contributed by atoms with Crippen LogP contribution in [0.25, 0.3) is 22.3 Å². The van der Waals surface area contributed by atoms with Crippen molar-refractivity contribution in [1.82, 2.24) is 19.9 Å². The Kier molecular flexibility index (Phi) is 3.96. The van der Waals surface area contributed by atoms with Gasteiger partial charge in [-0.25, -0.2) is 9.97 Å². The lowest BCUT2D eigenvalue weighted by Gasteiger charge is -2.06. The molecule has 0 spiro atoms. The van der Waals surface area contributed by atoms with Crippen LogP contribution in [0.2, 0.25) is 10.2 Å². The largest absolute Gasteiger partial charge is 0.377 e. The molecule has 106 valence electrons. The van der Waals surface area contributed by atoms with Gasteiger partial charge in [-0.3, -0.25) is 9.97 Å². The Labute approximate surface area is 130 Å². The fraction of sp³-hybridized carbons (Fsp3) is 0.143. The first-order valence-electron chi connectivity index (χ1n) is 6.11. The monoisotopic (exact) mass is 320 g/mol. The molecule has 0 bridgehead atoms. The topological polar surface area (TPSA) is 60.8 Å². The molecule has 7 heteroatoms. The summed E-state index contributed by atoms with van der Waals surface area (Å²) >= 11 is 12.3. The van der Waals surface area contributed by atoms with E-state index in [0.717, 1.165) is 5.56 Å². The van der Waals surface area contributed by atoms with Crippen LogP contribution in [0, 0.1) is 0 Å². The van der Waals surface area contributed by atoms with E-state index in [4.69, 9.17) is 27.9 Å².